The van der Waals surface area contributed by atoms with Gasteiger partial charge in [0.05, 0.1) is 17.2 Å². The molecule has 0 saturated carbocycles. The molecule has 6 heterocycles. The SMILES string of the molecule is C=C1CC2c3cc(C)ccc3-c3cc(C)c(C)c[n+]3C2CCc2ccc3c(oc4nc(-c5c(C(C)C)cccc5C(C)C)ccc43)c2-c2cc(C)cc(C)[n+]21. The number of rotatable bonds is 3. The largest absolute Gasteiger partial charge is 0.437 e. The minimum Gasteiger partial charge on any atom is -0.437 e. The summed E-state index contributed by atoms with van der Waals surface area (Å²) in [5, 5.41) is 2.16. The lowest BCUT2D eigenvalue weighted by Gasteiger charge is -2.32. The van der Waals surface area contributed by atoms with Crippen molar-refractivity contribution in [3.05, 3.63) is 142 Å². The summed E-state index contributed by atoms with van der Waals surface area (Å²) in [4.78, 5) is 5.33. The second kappa shape index (κ2) is 13.2. The average Bonchev–Trinajstić information content (AvgIpc) is 3.52. The van der Waals surface area contributed by atoms with Crippen molar-refractivity contribution < 1.29 is 13.6 Å². The van der Waals surface area contributed by atoms with Gasteiger partial charge in [-0.3, -0.25) is 0 Å². The zero-order chi connectivity index (χ0) is 38.4. The van der Waals surface area contributed by atoms with Crippen molar-refractivity contribution in [3.63, 3.8) is 0 Å². The summed E-state index contributed by atoms with van der Waals surface area (Å²) in [5.74, 6) is 1.04. The number of nitrogens with zero attached hydrogens (tertiary/aromatic N) is 3. The van der Waals surface area contributed by atoms with E-state index in [-0.39, 0.29) is 12.0 Å². The molecule has 0 amide bonds. The molecule has 276 valence electrons. The zero-order valence-electron chi connectivity index (χ0n) is 34.0. The first kappa shape index (κ1) is 35.4. The first-order valence-corrected chi connectivity index (χ1v) is 20.2. The Kier molecular flexibility index (Phi) is 8.45. The Labute approximate surface area is 326 Å². The Bertz CT molecular complexity index is 2700. The van der Waals surface area contributed by atoms with Gasteiger partial charge in [-0.05, 0) is 104 Å². The molecule has 3 aromatic carbocycles. The van der Waals surface area contributed by atoms with Gasteiger partial charge in [0.15, 0.2) is 29.2 Å². The molecule has 0 fully saturated rings. The molecule has 9 rings (SSSR count). The third-order valence-corrected chi connectivity index (χ3v) is 12.6. The van der Waals surface area contributed by atoms with Gasteiger partial charge in [0.25, 0.3) is 0 Å². The highest BCUT2D eigenvalue weighted by Gasteiger charge is 2.43. The predicted octanol–water partition coefficient (Wildman–Crippen LogP) is 12.5. The molecule has 0 saturated heterocycles. The number of benzene rings is 3. The molecule has 4 aromatic heterocycles. The minimum absolute atomic E-state index is 0.271. The van der Waals surface area contributed by atoms with Crippen LogP contribution in [0.4, 0.5) is 0 Å². The van der Waals surface area contributed by atoms with Crippen LogP contribution in [0, 0.1) is 34.6 Å². The summed E-state index contributed by atoms with van der Waals surface area (Å²) in [5.41, 5.74) is 21.7. The van der Waals surface area contributed by atoms with Crippen molar-refractivity contribution in [2.45, 2.75) is 105 Å². The Morgan fingerprint density at radius 3 is 2.24 bits per heavy atom. The molecule has 55 heavy (non-hydrogen) atoms. The van der Waals surface area contributed by atoms with Gasteiger partial charge in [0.2, 0.25) is 17.1 Å². The van der Waals surface area contributed by atoms with Crippen molar-refractivity contribution >= 4 is 27.8 Å². The fraction of sp³-hybridized carbons (Fsp3) is 0.314. The molecule has 7 aromatic rings. The highest BCUT2D eigenvalue weighted by molar-refractivity contribution is 6.09. The molecule has 2 aliphatic heterocycles. The number of allylic oxidation sites excluding steroid dienone is 1. The molecule has 4 heteroatoms. The quantitative estimate of drug-likeness (QED) is 0.170. The second-order valence-electron chi connectivity index (χ2n) is 17.1. The smallest absolute Gasteiger partial charge is 0.227 e. The fourth-order valence-corrected chi connectivity index (χ4v) is 9.87. The monoisotopic (exact) mass is 723 g/mol. The number of hydrogen-bond donors (Lipinski definition) is 0. The van der Waals surface area contributed by atoms with E-state index >= 15 is 0 Å². The van der Waals surface area contributed by atoms with Crippen molar-refractivity contribution in [2.75, 3.05) is 0 Å². The lowest BCUT2D eigenvalue weighted by molar-refractivity contribution is -0.719. The number of hydrogen-bond acceptors (Lipinski definition) is 2. The molecule has 2 atom stereocenters. The van der Waals surface area contributed by atoms with Crippen molar-refractivity contribution in [1.82, 2.24) is 4.98 Å². The summed E-state index contributed by atoms with van der Waals surface area (Å²) >= 11 is 0. The second-order valence-corrected chi connectivity index (χ2v) is 17.1. The van der Waals surface area contributed by atoms with Gasteiger partial charge in [-0.25, -0.2) is 4.98 Å². The molecule has 0 aliphatic carbocycles. The van der Waals surface area contributed by atoms with Gasteiger partial charge in [-0.15, -0.1) is 0 Å². The van der Waals surface area contributed by atoms with Gasteiger partial charge in [0.1, 0.15) is 0 Å². The maximum atomic E-state index is 7.05. The van der Waals surface area contributed by atoms with E-state index in [9.17, 15) is 0 Å². The van der Waals surface area contributed by atoms with E-state index in [1.807, 2.05) is 0 Å². The van der Waals surface area contributed by atoms with Crippen molar-refractivity contribution in [2.24, 2.45) is 0 Å². The topological polar surface area (TPSA) is 33.8 Å². The van der Waals surface area contributed by atoms with Crippen LogP contribution in [0.3, 0.4) is 0 Å². The number of aryl methyl sites for hydroxylation is 6. The van der Waals surface area contributed by atoms with E-state index in [0.717, 1.165) is 58.3 Å². The van der Waals surface area contributed by atoms with Gasteiger partial charge in [-0.2, -0.15) is 9.13 Å². The van der Waals surface area contributed by atoms with Gasteiger partial charge >= 0.3 is 0 Å². The van der Waals surface area contributed by atoms with E-state index < -0.39 is 0 Å². The molecule has 0 N–H and O–H groups in total. The summed E-state index contributed by atoms with van der Waals surface area (Å²) in [6.07, 6.45) is 5.18. The highest BCUT2D eigenvalue weighted by Crippen LogP contribution is 2.47. The van der Waals surface area contributed by atoms with Crippen LogP contribution < -0.4 is 9.13 Å². The number of aromatic nitrogens is 3. The summed E-state index contributed by atoms with van der Waals surface area (Å²) < 4.78 is 12.1. The Hall–Kier alpha value is -5.35. The van der Waals surface area contributed by atoms with Gasteiger partial charge < -0.3 is 4.42 Å². The number of pyridine rings is 3. The summed E-state index contributed by atoms with van der Waals surface area (Å²) in [6, 6.07) is 30.1. The lowest BCUT2D eigenvalue weighted by Crippen LogP contribution is -2.49. The maximum absolute atomic E-state index is 7.05. The van der Waals surface area contributed by atoms with Crippen LogP contribution in [0.25, 0.3) is 61.5 Å². The predicted molar refractivity (Wildman–Crippen MR) is 227 cm³/mol. The van der Waals surface area contributed by atoms with E-state index in [1.54, 1.807) is 0 Å². The maximum Gasteiger partial charge on any atom is 0.227 e. The molecule has 4 nitrogen and oxygen atoms in total. The molecule has 2 aliphatic rings. The Balaban J connectivity index is 1.27. The van der Waals surface area contributed by atoms with E-state index in [1.165, 1.54) is 67.0 Å². The van der Waals surface area contributed by atoms with Crippen LogP contribution in [-0.2, 0) is 6.42 Å². The highest BCUT2D eigenvalue weighted by atomic mass is 16.3. The van der Waals surface area contributed by atoms with Gasteiger partial charge in [0, 0.05) is 65.4 Å². The normalized spacial score (nSPS) is 16.6. The average molecular weight is 724 g/mol. The molecule has 0 bridgehead atoms. The van der Waals surface area contributed by atoms with Crippen LogP contribution in [0.1, 0.15) is 115 Å². The van der Waals surface area contributed by atoms with Gasteiger partial charge in [-0.1, -0.05) is 75.7 Å². The zero-order valence-corrected chi connectivity index (χ0v) is 34.0. The molecular weight excluding hydrogens is 671 g/mol. The number of fused-ring (bicyclic) bond motifs is 13. The molecular formula is C51H53N3O+2. The van der Waals surface area contributed by atoms with Crippen LogP contribution in [-0.4, -0.2) is 4.98 Å². The molecule has 0 spiro atoms. The molecule has 0 radical (unpaired) electrons. The first-order chi connectivity index (χ1) is 26.4. The summed E-state index contributed by atoms with van der Waals surface area (Å²) in [6.45, 7) is 25.1. The van der Waals surface area contributed by atoms with Crippen molar-refractivity contribution in [1.29, 1.82) is 0 Å². The van der Waals surface area contributed by atoms with Crippen LogP contribution in [0.15, 0.2) is 96.1 Å². The van der Waals surface area contributed by atoms with Crippen LogP contribution in [0.5, 0.6) is 0 Å². The third-order valence-electron chi connectivity index (χ3n) is 12.6. The standard InChI is InChI=1S/C51H53N3O/c1-28(2)37-12-11-13-38(29(3)4)49(37)44-20-19-41-40-18-15-36-16-21-45-43(42-23-30(5)14-17-39(42)46-25-32(7)33(8)27-53(45)46)26-35(10)54-34(9)22-31(6)24-47(54)48(36)50(40)55-51(41)52-44/h11-15,17-20,22-25,27-29,43,45H,10,16,21,26H2,1-9H3/q+2. The Morgan fingerprint density at radius 2 is 1.49 bits per heavy atom. The third kappa shape index (κ3) is 5.67. The van der Waals surface area contributed by atoms with E-state index in [0.29, 0.717) is 17.5 Å². The van der Waals surface area contributed by atoms with Crippen LogP contribution >= 0.6 is 0 Å². The first-order valence-electron chi connectivity index (χ1n) is 20.2. The van der Waals surface area contributed by atoms with Crippen LogP contribution in [0.2, 0.25) is 0 Å². The van der Waals surface area contributed by atoms with Crippen molar-refractivity contribution in [3.8, 4) is 33.8 Å². The Morgan fingerprint density at radius 1 is 0.745 bits per heavy atom. The minimum atomic E-state index is 0.271. The molecule has 2 unspecified atom stereocenters. The lowest BCUT2D eigenvalue weighted by atomic mass is 9.76. The summed E-state index contributed by atoms with van der Waals surface area (Å²) in [7, 11) is 0. The van der Waals surface area contributed by atoms with E-state index in [2.05, 4.69) is 157 Å². The van der Waals surface area contributed by atoms with E-state index in [4.69, 9.17) is 16.0 Å². The number of furan rings is 1. The fourth-order valence-electron chi connectivity index (χ4n) is 9.87.